The van der Waals surface area contributed by atoms with E-state index in [-0.39, 0.29) is 29.6 Å². The molecular weight excluding hydrogens is 362 g/mol. The number of nitriles is 1. The highest BCUT2D eigenvalue weighted by Gasteiger charge is 2.41. The highest BCUT2D eigenvalue weighted by molar-refractivity contribution is 6.00. The van der Waals surface area contributed by atoms with Crippen molar-refractivity contribution in [3.05, 3.63) is 94.1 Å². The van der Waals surface area contributed by atoms with Crippen LogP contribution in [0, 0.1) is 23.0 Å². The number of benzene rings is 2. The highest BCUT2D eigenvalue weighted by Crippen LogP contribution is 2.46. The van der Waals surface area contributed by atoms with Gasteiger partial charge in [0.05, 0.1) is 5.92 Å². The Morgan fingerprint density at radius 3 is 2.46 bits per heavy atom. The van der Waals surface area contributed by atoms with Crippen molar-refractivity contribution in [3.8, 4) is 6.07 Å². The molecule has 0 saturated carbocycles. The number of allylic oxidation sites excluding steroid dienone is 3. The summed E-state index contributed by atoms with van der Waals surface area (Å²) in [4.78, 5) is 13.0. The van der Waals surface area contributed by atoms with E-state index >= 15 is 0 Å². The first kappa shape index (κ1) is 17.9. The Hall–Kier alpha value is -3.46. The van der Waals surface area contributed by atoms with Gasteiger partial charge in [0, 0.05) is 18.4 Å². The quantitative estimate of drug-likeness (QED) is 0.851. The number of nitrogens with zero attached hydrogens (tertiary/aromatic N) is 1. The summed E-state index contributed by atoms with van der Waals surface area (Å²) in [6, 6.07) is 14.9. The minimum atomic E-state index is -1.05. The van der Waals surface area contributed by atoms with E-state index in [4.69, 9.17) is 10.5 Å². The number of ether oxygens (including phenoxy) is 1. The van der Waals surface area contributed by atoms with E-state index in [1.165, 1.54) is 6.07 Å². The molecule has 0 aromatic heterocycles. The van der Waals surface area contributed by atoms with Gasteiger partial charge in [-0.1, -0.05) is 36.4 Å². The maximum atomic E-state index is 13.8. The predicted molar refractivity (Wildman–Crippen MR) is 97.5 cm³/mol. The van der Waals surface area contributed by atoms with Crippen LogP contribution in [0.1, 0.15) is 35.8 Å². The SMILES string of the molecule is N#CC1=C(N)OC2=C(C(=O)C[C@@H](c3ccccc3)C2)[C@@H]1c1ccc(F)c(F)c1. The van der Waals surface area contributed by atoms with Crippen LogP contribution in [0.5, 0.6) is 0 Å². The molecule has 1 aliphatic carbocycles. The third-order valence-corrected chi connectivity index (χ3v) is 5.21. The Bertz CT molecular complexity index is 1070. The van der Waals surface area contributed by atoms with Gasteiger partial charge in [0.15, 0.2) is 17.4 Å². The van der Waals surface area contributed by atoms with Crippen molar-refractivity contribution in [1.82, 2.24) is 0 Å². The molecule has 0 spiro atoms. The fraction of sp³-hybridized carbons (Fsp3) is 0.182. The zero-order valence-electron chi connectivity index (χ0n) is 14.8. The summed E-state index contributed by atoms with van der Waals surface area (Å²) in [5, 5.41) is 9.55. The summed E-state index contributed by atoms with van der Waals surface area (Å²) in [5.41, 5.74) is 7.56. The minimum Gasteiger partial charge on any atom is -0.444 e. The molecule has 0 bridgehead atoms. The molecule has 4 rings (SSSR count). The molecule has 6 heteroatoms. The van der Waals surface area contributed by atoms with Gasteiger partial charge in [-0.3, -0.25) is 4.79 Å². The average molecular weight is 378 g/mol. The van der Waals surface area contributed by atoms with Crippen LogP contribution in [0.15, 0.2) is 71.3 Å². The lowest BCUT2D eigenvalue weighted by molar-refractivity contribution is -0.117. The van der Waals surface area contributed by atoms with Crippen molar-refractivity contribution in [3.63, 3.8) is 0 Å². The number of Topliss-reactive ketones (excluding diaryl/α,β-unsaturated/α-hetero) is 1. The van der Waals surface area contributed by atoms with E-state index in [1.807, 2.05) is 36.4 Å². The zero-order chi connectivity index (χ0) is 19.8. The molecule has 0 unspecified atom stereocenters. The molecule has 0 saturated heterocycles. The van der Waals surface area contributed by atoms with Crippen LogP contribution >= 0.6 is 0 Å². The van der Waals surface area contributed by atoms with Crippen molar-refractivity contribution < 1.29 is 18.3 Å². The van der Waals surface area contributed by atoms with Crippen molar-refractivity contribution in [1.29, 1.82) is 5.26 Å². The van der Waals surface area contributed by atoms with Crippen molar-refractivity contribution in [2.45, 2.75) is 24.7 Å². The van der Waals surface area contributed by atoms with Gasteiger partial charge in [-0.2, -0.15) is 5.26 Å². The van der Waals surface area contributed by atoms with Gasteiger partial charge in [-0.25, -0.2) is 8.78 Å². The molecule has 2 aromatic carbocycles. The van der Waals surface area contributed by atoms with Crippen LogP contribution in [-0.4, -0.2) is 5.78 Å². The van der Waals surface area contributed by atoms with Crippen LogP contribution in [0.4, 0.5) is 8.78 Å². The van der Waals surface area contributed by atoms with Crippen molar-refractivity contribution >= 4 is 5.78 Å². The van der Waals surface area contributed by atoms with E-state index < -0.39 is 17.6 Å². The monoisotopic (exact) mass is 378 g/mol. The number of hydrogen-bond acceptors (Lipinski definition) is 4. The van der Waals surface area contributed by atoms with Gasteiger partial charge in [-0.05, 0) is 29.2 Å². The Kier molecular flexibility index (Phi) is 4.44. The van der Waals surface area contributed by atoms with Gasteiger partial charge in [0.2, 0.25) is 5.88 Å². The molecule has 140 valence electrons. The van der Waals surface area contributed by atoms with Gasteiger partial charge < -0.3 is 10.5 Å². The van der Waals surface area contributed by atoms with Crippen LogP contribution in [0.25, 0.3) is 0 Å². The maximum absolute atomic E-state index is 13.8. The lowest BCUT2D eigenvalue weighted by Crippen LogP contribution is -2.30. The molecule has 0 fully saturated rings. The largest absolute Gasteiger partial charge is 0.444 e. The lowest BCUT2D eigenvalue weighted by atomic mass is 9.73. The second kappa shape index (κ2) is 6.93. The summed E-state index contributed by atoms with van der Waals surface area (Å²) in [5.74, 6) is -2.91. The predicted octanol–water partition coefficient (Wildman–Crippen LogP) is 4.17. The number of carbonyl (C=O) groups excluding carboxylic acids is 1. The van der Waals surface area contributed by atoms with Gasteiger partial charge in [0.1, 0.15) is 17.4 Å². The third-order valence-electron chi connectivity index (χ3n) is 5.21. The summed E-state index contributed by atoms with van der Waals surface area (Å²) in [6.45, 7) is 0. The van der Waals surface area contributed by atoms with Crippen LogP contribution in [0.3, 0.4) is 0 Å². The summed E-state index contributed by atoms with van der Waals surface area (Å²) in [7, 11) is 0. The normalized spacial score (nSPS) is 21.8. The molecule has 2 atom stereocenters. The number of ketones is 1. The highest BCUT2D eigenvalue weighted by atomic mass is 19.2. The summed E-state index contributed by atoms with van der Waals surface area (Å²) < 4.78 is 32.9. The van der Waals surface area contributed by atoms with E-state index in [9.17, 15) is 18.8 Å². The van der Waals surface area contributed by atoms with Gasteiger partial charge in [-0.15, -0.1) is 0 Å². The van der Waals surface area contributed by atoms with Crippen LogP contribution < -0.4 is 5.73 Å². The first-order valence-electron chi connectivity index (χ1n) is 8.83. The number of carbonyl (C=O) groups is 1. The fourth-order valence-corrected chi connectivity index (χ4v) is 3.89. The molecule has 2 aromatic rings. The van der Waals surface area contributed by atoms with Crippen LogP contribution in [-0.2, 0) is 9.53 Å². The number of rotatable bonds is 2. The molecular formula is C22H16F2N2O2. The zero-order valence-corrected chi connectivity index (χ0v) is 14.8. The summed E-state index contributed by atoms with van der Waals surface area (Å²) >= 11 is 0. The van der Waals surface area contributed by atoms with E-state index in [0.29, 0.717) is 23.3 Å². The molecule has 2 N–H and O–H groups in total. The second-order valence-corrected chi connectivity index (χ2v) is 6.87. The van der Waals surface area contributed by atoms with Gasteiger partial charge in [0.25, 0.3) is 0 Å². The average Bonchev–Trinajstić information content (AvgIpc) is 2.69. The second-order valence-electron chi connectivity index (χ2n) is 6.87. The molecule has 28 heavy (non-hydrogen) atoms. The smallest absolute Gasteiger partial charge is 0.205 e. The number of nitrogens with two attached hydrogens (primary N) is 1. The molecule has 2 aliphatic rings. The topological polar surface area (TPSA) is 76.1 Å². The van der Waals surface area contributed by atoms with E-state index in [2.05, 4.69) is 0 Å². The molecule has 0 amide bonds. The van der Waals surface area contributed by atoms with Crippen molar-refractivity contribution in [2.75, 3.05) is 0 Å². The third kappa shape index (κ3) is 2.95. The van der Waals surface area contributed by atoms with Crippen LogP contribution in [0.2, 0.25) is 0 Å². The first-order valence-corrected chi connectivity index (χ1v) is 8.83. The van der Waals surface area contributed by atoms with Gasteiger partial charge >= 0.3 is 0 Å². The Balaban J connectivity index is 1.81. The van der Waals surface area contributed by atoms with E-state index in [1.54, 1.807) is 0 Å². The molecule has 1 aliphatic heterocycles. The molecule has 0 radical (unpaired) electrons. The Morgan fingerprint density at radius 1 is 1.04 bits per heavy atom. The first-order chi connectivity index (χ1) is 13.5. The standard InChI is InChI=1S/C22H16F2N2O2/c23-16-7-6-13(8-17(16)24)20-15(11-25)22(26)28-19-10-14(9-18(27)21(19)20)12-4-2-1-3-5-12/h1-8,14,20H,9-10,26H2/t14-,20-/m1/s1. The lowest BCUT2D eigenvalue weighted by Gasteiger charge is -2.34. The fourth-order valence-electron chi connectivity index (χ4n) is 3.89. The maximum Gasteiger partial charge on any atom is 0.205 e. The minimum absolute atomic E-state index is 0.0243. The molecule has 1 heterocycles. The van der Waals surface area contributed by atoms with E-state index in [0.717, 1.165) is 17.7 Å². The van der Waals surface area contributed by atoms with Crippen molar-refractivity contribution in [2.24, 2.45) is 5.73 Å². The Morgan fingerprint density at radius 2 is 1.79 bits per heavy atom. The Labute approximate surface area is 160 Å². The summed E-state index contributed by atoms with van der Waals surface area (Å²) in [6.07, 6.45) is 0.676. The number of hydrogen-bond donors (Lipinski definition) is 1. The number of halogens is 2. The molecule has 4 nitrogen and oxygen atoms in total.